The Labute approximate surface area is 209 Å². The van der Waals surface area contributed by atoms with Gasteiger partial charge in [-0.1, -0.05) is 75.8 Å². The van der Waals surface area contributed by atoms with E-state index in [-0.39, 0.29) is 35.1 Å². The Bertz CT molecular complexity index is 1100. The van der Waals surface area contributed by atoms with Crippen LogP contribution in [-0.2, 0) is 24.7 Å². The molecule has 0 spiro atoms. The number of allylic oxidation sites excluding steroid dienone is 1. The maximum Gasteiger partial charge on any atom is 0.343 e. The molecule has 0 amide bonds. The van der Waals surface area contributed by atoms with Crippen LogP contribution in [0.25, 0.3) is 11.1 Å². The third-order valence-corrected chi connectivity index (χ3v) is 8.08. The van der Waals surface area contributed by atoms with Gasteiger partial charge < -0.3 is 0 Å². The number of aryl methyl sites for hydroxylation is 2. The summed E-state index contributed by atoms with van der Waals surface area (Å²) in [5.41, 5.74) is -3.40. The SMILES string of the molecule is C=CCCC1CCC(CCCc2ccc3c(c2F)C(F)(F)C(F)(F)c2c-3ccc(CCC)c2F)CC1. The van der Waals surface area contributed by atoms with Crippen LogP contribution in [0.2, 0.25) is 0 Å². The van der Waals surface area contributed by atoms with Crippen molar-refractivity contribution in [3.8, 4) is 11.1 Å². The van der Waals surface area contributed by atoms with E-state index in [1.54, 1.807) is 6.92 Å². The summed E-state index contributed by atoms with van der Waals surface area (Å²) in [6.07, 6.45) is 10.9. The number of alkyl halides is 4. The molecule has 0 N–H and O–H groups in total. The zero-order valence-corrected chi connectivity index (χ0v) is 20.8. The summed E-state index contributed by atoms with van der Waals surface area (Å²) in [4.78, 5) is 0. The molecule has 4 rings (SSSR count). The van der Waals surface area contributed by atoms with Crippen LogP contribution in [0.3, 0.4) is 0 Å². The van der Waals surface area contributed by atoms with E-state index in [9.17, 15) is 4.39 Å². The van der Waals surface area contributed by atoms with Crippen molar-refractivity contribution in [1.29, 1.82) is 0 Å². The number of fused-ring (bicyclic) bond motifs is 3. The molecule has 0 unspecified atom stereocenters. The molecule has 2 aliphatic rings. The molecule has 2 aliphatic carbocycles. The number of rotatable bonds is 9. The Morgan fingerprint density at radius 3 is 1.72 bits per heavy atom. The molecule has 1 fully saturated rings. The van der Waals surface area contributed by atoms with E-state index >= 15 is 22.0 Å². The first-order valence-electron chi connectivity index (χ1n) is 13.1. The summed E-state index contributed by atoms with van der Waals surface area (Å²) in [5.74, 6) is -11.1. The van der Waals surface area contributed by atoms with Crippen LogP contribution in [0.5, 0.6) is 0 Å². The van der Waals surface area contributed by atoms with E-state index in [2.05, 4.69) is 6.58 Å². The summed E-state index contributed by atoms with van der Waals surface area (Å²) >= 11 is 0. The van der Waals surface area contributed by atoms with Crippen LogP contribution < -0.4 is 0 Å². The first-order valence-corrected chi connectivity index (χ1v) is 13.1. The van der Waals surface area contributed by atoms with Crippen LogP contribution >= 0.6 is 0 Å². The summed E-state index contributed by atoms with van der Waals surface area (Å²) < 4.78 is 90.9. The highest BCUT2D eigenvalue weighted by Crippen LogP contribution is 2.59. The second-order valence-corrected chi connectivity index (χ2v) is 10.5. The molecular weight excluding hydrogens is 474 g/mol. The van der Waals surface area contributed by atoms with E-state index in [0.717, 1.165) is 44.9 Å². The number of hydrogen-bond acceptors (Lipinski definition) is 0. The van der Waals surface area contributed by atoms with Gasteiger partial charge in [-0.15, -0.1) is 6.58 Å². The molecule has 2 aromatic rings. The van der Waals surface area contributed by atoms with E-state index in [0.29, 0.717) is 24.7 Å². The molecule has 196 valence electrons. The van der Waals surface area contributed by atoms with Crippen LogP contribution in [0, 0.1) is 23.5 Å². The lowest BCUT2D eigenvalue weighted by atomic mass is 9.77. The molecule has 0 saturated heterocycles. The van der Waals surface area contributed by atoms with E-state index in [1.807, 2.05) is 6.08 Å². The van der Waals surface area contributed by atoms with Crippen LogP contribution in [0.15, 0.2) is 36.9 Å². The molecule has 1 saturated carbocycles. The minimum absolute atomic E-state index is 0.00965. The lowest BCUT2D eigenvalue weighted by molar-refractivity contribution is -0.227. The minimum Gasteiger partial charge on any atom is -0.206 e. The van der Waals surface area contributed by atoms with Crippen molar-refractivity contribution < 1.29 is 26.3 Å². The van der Waals surface area contributed by atoms with Crippen molar-refractivity contribution in [2.45, 2.75) is 89.4 Å². The first-order chi connectivity index (χ1) is 17.1. The third-order valence-electron chi connectivity index (χ3n) is 8.08. The molecule has 0 radical (unpaired) electrons. The molecule has 36 heavy (non-hydrogen) atoms. The minimum atomic E-state index is -4.86. The smallest absolute Gasteiger partial charge is 0.206 e. The topological polar surface area (TPSA) is 0 Å². The van der Waals surface area contributed by atoms with E-state index in [1.165, 1.54) is 24.3 Å². The van der Waals surface area contributed by atoms with Gasteiger partial charge in [-0.3, -0.25) is 0 Å². The fraction of sp³-hybridized carbons (Fsp3) is 0.533. The first kappa shape index (κ1) is 26.8. The van der Waals surface area contributed by atoms with Crippen molar-refractivity contribution in [1.82, 2.24) is 0 Å². The van der Waals surface area contributed by atoms with Gasteiger partial charge in [0.1, 0.15) is 11.6 Å². The Hall–Kier alpha value is -2.24. The van der Waals surface area contributed by atoms with Crippen molar-refractivity contribution in [2.24, 2.45) is 11.8 Å². The van der Waals surface area contributed by atoms with Gasteiger partial charge in [0.05, 0.1) is 11.1 Å². The van der Waals surface area contributed by atoms with Gasteiger partial charge in [0, 0.05) is 0 Å². The lowest BCUT2D eigenvalue weighted by Crippen LogP contribution is -2.41. The average Bonchev–Trinajstić information content (AvgIpc) is 2.84. The second-order valence-electron chi connectivity index (χ2n) is 10.5. The Morgan fingerprint density at radius 2 is 1.25 bits per heavy atom. The zero-order valence-electron chi connectivity index (χ0n) is 20.8. The number of benzene rings is 2. The molecule has 0 atom stereocenters. The largest absolute Gasteiger partial charge is 0.343 e. The van der Waals surface area contributed by atoms with Gasteiger partial charge in [0.2, 0.25) is 0 Å². The highest BCUT2D eigenvalue weighted by molar-refractivity contribution is 5.77. The maximum atomic E-state index is 15.4. The summed E-state index contributed by atoms with van der Waals surface area (Å²) in [6, 6.07) is 5.19. The van der Waals surface area contributed by atoms with Gasteiger partial charge in [-0.2, -0.15) is 17.6 Å². The summed E-state index contributed by atoms with van der Waals surface area (Å²) in [7, 11) is 0. The fourth-order valence-electron chi connectivity index (χ4n) is 6.01. The molecule has 6 heteroatoms. The average molecular weight is 509 g/mol. The summed E-state index contributed by atoms with van der Waals surface area (Å²) in [5, 5.41) is 0. The molecule has 0 nitrogen and oxygen atoms in total. The predicted molar refractivity (Wildman–Crippen MR) is 131 cm³/mol. The number of halogens is 6. The Balaban J connectivity index is 1.55. The quantitative estimate of drug-likeness (QED) is 0.234. The Morgan fingerprint density at radius 1 is 0.778 bits per heavy atom. The van der Waals surface area contributed by atoms with Crippen molar-refractivity contribution in [3.05, 3.63) is 70.8 Å². The molecule has 0 aromatic heterocycles. The van der Waals surface area contributed by atoms with E-state index in [4.69, 9.17) is 0 Å². The van der Waals surface area contributed by atoms with Gasteiger partial charge in [-0.05, 0) is 66.2 Å². The van der Waals surface area contributed by atoms with Gasteiger partial charge in [0.15, 0.2) is 0 Å². The molecule has 0 aliphatic heterocycles. The monoisotopic (exact) mass is 508 g/mol. The molecular formula is C30H34F6. The fourth-order valence-corrected chi connectivity index (χ4v) is 6.01. The standard InChI is InChI=1S/C30H34F6/c1-3-5-8-19-11-13-20(14-12-19)9-6-10-22-16-18-24-23-17-15-21(7-4-2)27(31)25(23)29(33,34)30(35,36)26(24)28(22)32/h3,15-20H,1,4-14H2,2H3. The van der Waals surface area contributed by atoms with E-state index < -0.39 is 34.6 Å². The van der Waals surface area contributed by atoms with Gasteiger partial charge >= 0.3 is 11.8 Å². The Kier molecular flexibility index (Phi) is 7.92. The van der Waals surface area contributed by atoms with Crippen molar-refractivity contribution >= 4 is 0 Å². The van der Waals surface area contributed by atoms with Crippen molar-refractivity contribution in [3.63, 3.8) is 0 Å². The zero-order chi connectivity index (χ0) is 26.1. The predicted octanol–water partition coefficient (Wildman–Crippen LogP) is 9.88. The van der Waals surface area contributed by atoms with Crippen LogP contribution in [0.1, 0.15) is 87.0 Å². The molecule has 2 aromatic carbocycles. The second kappa shape index (κ2) is 10.6. The normalized spacial score (nSPS) is 22.1. The van der Waals surface area contributed by atoms with Crippen LogP contribution in [-0.4, -0.2) is 0 Å². The maximum absolute atomic E-state index is 15.4. The van der Waals surface area contributed by atoms with Gasteiger partial charge in [0.25, 0.3) is 0 Å². The number of hydrogen-bond donors (Lipinski definition) is 0. The molecule has 0 heterocycles. The molecule has 0 bridgehead atoms. The third kappa shape index (κ3) is 4.72. The lowest BCUT2D eigenvalue weighted by Gasteiger charge is -2.36. The van der Waals surface area contributed by atoms with Crippen molar-refractivity contribution in [2.75, 3.05) is 0 Å². The highest BCUT2D eigenvalue weighted by Gasteiger charge is 2.65. The van der Waals surface area contributed by atoms with Gasteiger partial charge in [-0.25, -0.2) is 8.78 Å². The summed E-state index contributed by atoms with van der Waals surface area (Å²) in [6.45, 7) is 5.51. The van der Waals surface area contributed by atoms with Crippen LogP contribution in [0.4, 0.5) is 26.3 Å². The highest BCUT2D eigenvalue weighted by atomic mass is 19.3.